The molecule has 0 radical (unpaired) electrons. The highest BCUT2D eigenvalue weighted by Gasteiger charge is 2.18. The molecule has 2 N–H and O–H groups in total. The van der Waals surface area contributed by atoms with E-state index in [2.05, 4.69) is 19.2 Å². The van der Waals surface area contributed by atoms with Gasteiger partial charge in [0, 0.05) is 19.3 Å². The fourth-order valence-corrected chi connectivity index (χ4v) is 2.08. The third kappa shape index (κ3) is 5.72. The van der Waals surface area contributed by atoms with Gasteiger partial charge in [-0.15, -0.1) is 0 Å². The van der Waals surface area contributed by atoms with E-state index in [1.807, 2.05) is 31.2 Å². The van der Waals surface area contributed by atoms with E-state index in [0.29, 0.717) is 0 Å². The summed E-state index contributed by atoms with van der Waals surface area (Å²) in [4.78, 5) is 0. The Morgan fingerprint density at radius 3 is 2.47 bits per heavy atom. The fourth-order valence-electron chi connectivity index (χ4n) is 2.08. The lowest BCUT2D eigenvalue weighted by Crippen LogP contribution is -2.35. The maximum Gasteiger partial charge on any atom is 0.0942 e. The summed E-state index contributed by atoms with van der Waals surface area (Å²) in [5, 5.41) is 13.8. The normalized spacial score (nSPS) is 14.3. The lowest BCUT2D eigenvalue weighted by Gasteiger charge is -2.23. The van der Waals surface area contributed by atoms with E-state index in [0.717, 1.165) is 38.2 Å². The molecule has 0 fully saturated rings. The van der Waals surface area contributed by atoms with E-state index >= 15 is 0 Å². The van der Waals surface area contributed by atoms with Crippen LogP contribution in [-0.4, -0.2) is 30.9 Å². The van der Waals surface area contributed by atoms with Gasteiger partial charge >= 0.3 is 0 Å². The molecule has 3 heteroatoms. The molecule has 0 aromatic heterocycles. The molecular formula is C16H27NO2. The van der Waals surface area contributed by atoms with Gasteiger partial charge in [0.25, 0.3) is 0 Å². The highest BCUT2D eigenvalue weighted by Crippen LogP contribution is 2.19. The van der Waals surface area contributed by atoms with E-state index in [9.17, 15) is 5.11 Å². The number of aliphatic hydroxyl groups is 1. The molecule has 0 bridgehead atoms. The number of hydrogen-bond acceptors (Lipinski definition) is 3. The Morgan fingerprint density at radius 2 is 1.89 bits per heavy atom. The smallest absolute Gasteiger partial charge is 0.0942 e. The zero-order chi connectivity index (χ0) is 14.1. The molecule has 0 saturated heterocycles. The molecule has 2 unspecified atom stereocenters. The van der Waals surface area contributed by atoms with Gasteiger partial charge in [-0.1, -0.05) is 36.8 Å². The average Bonchev–Trinajstić information content (AvgIpc) is 2.43. The number of rotatable bonds is 9. The van der Waals surface area contributed by atoms with Crippen LogP contribution in [0.4, 0.5) is 0 Å². The summed E-state index contributed by atoms with van der Waals surface area (Å²) in [7, 11) is 0. The first-order chi connectivity index (χ1) is 9.19. The van der Waals surface area contributed by atoms with Gasteiger partial charge in [-0.2, -0.15) is 0 Å². The van der Waals surface area contributed by atoms with Crippen molar-refractivity contribution in [1.82, 2.24) is 5.32 Å². The van der Waals surface area contributed by atoms with Gasteiger partial charge in [-0.25, -0.2) is 0 Å². The first-order valence-corrected chi connectivity index (χ1v) is 7.24. The lowest BCUT2D eigenvalue weighted by atomic mass is 9.99. The maximum atomic E-state index is 10.4. The SMILES string of the molecule is CCOCCCNC(CC)C(O)c1ccc(C)cc1. The van der Waals surface area contributed by atoms with E-state index in [1.54, 1.807) is 0 Å². The molecule has 1 rings (SSSR count). The van der Waals surface area contributed by atoms with Gasteiger partial charge in [-0.05, 0) is 38.8 Å². The Morgan fingerprint density at radius 1 is 1.21 bits per heavy atom. The fraction of sp³-hybridized carbons (Fsp3) is 0.625. The minimum absolute atomic E-state index is 0.101. The molecule has 3 nitrogen and oxygen atoms in total. The van der Waals surface area contributed by atoms with Crippen LogP contribution in [0.1, 0.15) is 43.9 Å². The van der Waals surface area contributed by atoms with Crippen LogP contribution in [0.3, 0.4) is 0 Å². The predicted molar refractivity (Wildman–Crippen MR) is 79.3 cm³/mol. The molecular weight excluding hydrogens is 238 g/mol. The van der Waals surface area contributed by atoms with Crippen molar-refractivity contribution in [1.29, 1.82) is 0 Å². The minimum Gasteiger partial charge on any atom is -0.387 e. The Hall–Kier alpha value is -0.900. The van der Waals surface area contributed by atoms with Crippen LogP contribution in [-0.2, 0) is 4.74 Å². The summed E-state index contributed by atoms with van der Waals surface area (Å²) in [5.74, 6) is 0. The molecule has 2 atom stereocenters. The zero-order valence-electron chi connectivity index (χ0n) is 12.4. The quantitative estimate of drug-likeness (QED) is 0.675. The van der Waals surface area contributed by atoms with Crippen molar-refractivity contribution in [3.63, 3.8) is 0 Å². The van der Waals surface area contributed by atoms with Crippen LogP contribution < -0.4 is 5.32 Å². The maximum absolute atomic E-state index is 10.4. The summed E-state index contributed by atoms with van der Waals surface area (Å²) in [6.45, 7) is 8.58. The van der Waals surface area contributed by atoms with Crippen molar-refractivity contribution < 1.29 is 9.84 Å². The molecule has 0 saturated carbocycles. The van der Waals surface area contributed by atoms with Crippen LogP contribution in [0, 0.1) is 6.92 Å². The number of ether oxygens (including phenoxy) is 1. The standard InChI is InChI=1S/C16H27NO2/c1-4-15(17-11-6-12-19-5-2)16(18)14-9-7-13(3)8-10-14/h7-10,15-18H,4-6,11-12H2,1-3H3. The lowest BCUT2D eigenvalue weighted by molar-refractivity contribution is 0.118. The largest absolute Gasteiger partial charge is 0.387 e. The van der Waals surface area contributed by atoms with Crippen LogP contribution in [0.25, 0.3) is 0 Å². The molecule has 0 heterocycles. The minimum atomic E-state index is -0.447. The highest BCUT2D eigenvalue weighted by atomic mass is 16.5. The van der Waals surface area contributed by atoms with E-state index < -0.39 is 6.10 Å². The Balaban J connectivity index is 2.42. The Labute approximate surface area is 117 Å². The number of nitrogens with one attached hydrogen (secondary N) is 1. The molecule has 0 aliphatic rings. The second kappa shape index (κ2) is 9.08. The molecule has 1 aromatic carbocycles. The number of aliphatic hydroxyl groups excluding tert-OH is 1. The highest BCUT2D eigenvalue weighted by molar-refractivity contribution is 5.24. The van der Waals surface area contributed by atoms with E-state index in [-0.39, 0.29) is 6.04 Å². The number of hydrogen-bond donors (Lipinski definition) is 2. The molecule has 0 spiro atoms. The zero-order valence-corrected chi connectivity index (χ0v) is 12.4. The van der Waals surface area contributed by atoms with Gasteiger partial charge in [0.2, 0.25) is 0 Å². The Bertz CT molecular complexity index is 337. The van der Waals surface area contributed by atoms with Gasteiger partial charge < -0.3 is 15.2 Å². The average molecular weight is 265 g/mol. The van der Waals surface area contributed by atoms with Crippen molar-refractivity contribution in [2.45, 2.75) is 45.8 Å². The van der Waals surface area contributed by atoms with Gasteiger partial charge in [0.1, 0.15) is 0 Å². The van der Waals surface area contributed by atoms with Gasteiger partial charge in [0.15, 0.2) is 0 Å². The van der Waals surface area contributed by atoms with Crippen molar-refractivity contribution in [2.24, 2.45) is 0 Å². The van der Waals surface area contributed by atoms with E-state index in [4.69, 9.17) is 4.74 Å². The first-order valence-electron chi connectivity index (χ1n) is 7.24. The third-order valence-corrected chi connectivity index (χ3v) is 3.32. The monoisotopic (exact) mass is 265 g/mol. The molecule has 0 amide bonds. The van der Waals surface area contributed by atoms with Gasteiger partial charge in [0.05, 0.1) is 6.10 Å². The predicted octanol–water partition coefficient (Wildman–Crippen LogP) is 2.82. The first kappa shape index (κ1) is 16.2. The molecule has 1 aromatic rings. The molecule has 19 heavy (non-hydrogen) atoms. The summed E-state index contributed by atoms with van der Waals surface area (Å²) < 4.78 is 5.30. The second-order valence-corrected chi connectivity index (χ2v) is 4.87. The molecule has 0 aliphatic carbocycles. The van der Waals surface area contributed by atoms with Crippen molar-refractivity contribution in [3.8, 4) is 0 Å². The van der Waals surface area contributed by atoms with E-state index in [1.165, 1.54) is 5.56 Å². The van der Waals surface area contributed by atoms with Crippen molar-refractivity contribution >= 4 is 0 Å². The van der Waals surface area contributed by atoms with Crippen LogP contribution in [0.5, 0.6) is 0 Å². The molecule has 0 aliphatic heterocycles. The van der Waals surface area contributed by atoms with Crippen molar-refractivity contribution in [3.05, 3.63) is 35.4 Å². The second-order valence-electron chi connectivity index (χ2n) is 4.87. The van der Waals surface area contributed by atoms with Crippen LogP contribution in [0.2, 0.25) is 0 Å². The van der Waals surface area contributed by atoms with Gasteiger partial charge in [-0.3, -0.25) is 0 Å². The summed E-state index contributed by atoms with van der Waals surface area (Å²) in [6.07, 6.45) is 1.44. The van der Waals surface area contributed by atoms with Crippen molar-refractivity contribution in [2.75, 3.05) is 19.8 Å². The van der Waals surface area contributed by atoms with Crippen LogP contribution in [0.15, 0.2) is 24.3 Å². The number of benzene rings is 1. The van der Waals surface area contributed by atoms with Crippen LogP contribution >= 0.6 is 0 Å². The molecule has 108 valence electrons. The third-order valence-electron chi connectivity index (χ3n) is 3.32. The summed E-state index contributed by atoms with van der Waals surface area (Å²) in [5.41, 5.74) is 2.20. The summed E-state index contributed by atoms with van der Waals surface area (Å²) in [6, 6.07) is 8.19. The topological polar surface area (TPSA) is 41.5 Å². The number of aryl methyl sites for hydroxylation is 1. The Kier molecular flexibility index (Phi) is 7.72. The summed E-state index contributed by atoms with van der Waals surface area (Å²) >= 11 is 0.